The summed E-state index contributed by atoms with van der Waals surface area (Å²) in [5.41, 5.74) is 7.21. The van der Waals surface area contributed by atoms with E-state index in [-0.39, 0.29) is 11.4 Å². The van der Waals surface area contributed by atoms with Crippen LogP contribution >= 0.6 is 23.4 Å². The Bertz CT molecular complexity index is 1210. The number of hydrogen-bond acceptors (Lipinski definition) is 7. The number of benzene rings is 1. The van der Waals surface area contributed by atoms with Gasteiger partial charge in [-0.1, -0.05) is 23.4 Å². The van der Waals surface area contributed by atoms with Gasteiger partial charge < -0.3 is 15.4 Å². The molecule has 0 atom stereocenters. The van der Waals surface area contributed by atoms with Crippen LogP contribution in [0.5, 0.6) is 0 Å². The zero-order chi connectivity index (χ0) is 21.8. The van der Waals surface area contributed by atoms with Gasteiger partial charge in [-0.25, -0.2) is 0 Å². The summed E-state index contributed by atoms with van der Waals surface area (Å²) in [5, 5.41) is 5.76. The van der Waals surface area contributed by atoms with E-state index in [1.54, 1.807) is 16.3 Å². The molecule has 2 aliphatic heterocycles. The van der Waals surface area contributed by atoms with Crippen LogP contribution in [0, 0.1) is 5.41 Å². The molecule has 2 aliphatic rings. The molecule has 5 rings (SSSR count). The zero-order valence-electron chi connectivity index (χ0n) is 17.6. The molecule has 1 spiro atoms. The second-order valence-corrected chi connectivity index (χ2v) is 9.93. The minimum Gasteiger partial charge on any atom is -0.382 e. The topological polar surface area (TPSA) is 91.2 Å². The third-order valence-electron chi connectivity index (χ3n) is 6.46. The molecule has 0 bridgehead atoms. The number of fused-ring (bicyclic) bond motifs is 1. The van der Waals surface area contributed by atoms with Crippen molar-refractivity contribution in [2.75, 3.05) is 36.9 Å². The van der Waals surface area contributed by atoms with E-state index in [0.717, 1.165) is 61.4 Å². The molecular weight excluding hydrogens is 436 g/mol. The van der Waals surface area contributed by atoms with Crippen molar-refractivity contribution in [3.63, 3.8) is 0 Å². The molecule has 2 fully saturated rings. The number of rotatable bonds is 3. The number of nitrogens with two attached hydrogens (primary N) is 1. The van der Waals surface area contributed by atoms with E-state index in [4.69, 9.17) is 22.1 Å². The second kappa shape index (κ2) is 7.72. The Morgan fingerprint density at radius 3 is 2.71 bits per heavy atom. The van der Waals surface area contributed by atoms with Crippen molar-refractivity contribution in [1.82, 2.24) is 19.3 Å². The van der Waals surface area contributed by atoms with E-state index < -0.39 is 0 Å². The first-order valence-electron chi connectivity index (χ1n) is 10.4. The molecule has 4 heterocycles. The average Bonchev–Trinajstić information content (AvgIpc) is 3.37. The van der Waals surface area contributed by atoms with Gasteiger partial charge in [0.05, 0.1) is 17.1 Å². The Labute approximate surface area is 189 Å². The first-order valence-corrected chi connectivity index (χ1v) is 11.6. The highest BCUT2D eigenvalue weighted by Gasteiger charge is 2.38. The lowest BCUT2D eigenvalue weighted by Gasteiger charge is -2.39. The molecule has 0 unspecified atom stereocenters. The van der Waals surface area contributed by atoms with Gasteiger partial charge in [0, 0.05) is 50.3 Å². The number of aromatic nitrogens is 4. The van der Waals surface area contributed by atoms with Crippen LogP contribution < -0.4 is 16.2 Å². The van der Waals surface area contributed by atoms with E-state index in [2.05, 4.69) is 15.0 Å². The Morgan fingerprint density at radius 1 is 1.23 bits per heavy atom. The number of ether oxygens (including phenoxy) is 1. The molecule has 0 radical (unpaired) electrons. The molecule has 1 aromatic carbocycles. The molecule has 3 aromatic rings. The summed E-state index contributed by atoms with van der Waals surface area (Å²) in [6.07, 6.45) is 5.07. The molecule has 31 heavy (non-hydrogen) atoms. The van der Waals surface area contributed by atoms with Crippen molar-refractivity contribution >= 4 is 46.0 Å². The van der Waals surface area contributed by atoms with Gasteiger partial charge in [0.2, 0.25) is 5.95 Å². The molecule has 2 aromatic heterocycles. The number of nitrogen functional groups attached to an aromatic ring is 1. The van der Waals surface area contributed by atoms with Gasteiger partial charge in [0.15, 0.2) is 0 Å². The minimum atomic E-state index is -0.167. The first kappa shape index (κ1) is 20.7. The molecular formula is C21H25ClN6O2S. The third kappa shape index (κ3) is 3.58. The van der Waals surface area contributed by atoms with E-state index in [9.17, 15) is 4.79 Å². The fourth-order valence-corrected chi connectivity index (χ4v) is 5.79. The van der Waals surface area contributed by atoms with Gasteiger partial charge in [-0.05, 0) is 36.8 Å². The Balaban J connectivity index is 1.43. The number of anilines is 2. The van der Waals surface area contributed by atoms with Gasteiger partial charge in [0.1, 0.15) is 10.7 Å². The smallest absolute Gasteiger partial charge is 0.270 e. The maximum atomic E-state index is 13.2. The number of halogens is 1. The predicted octanol–water partition coefficient (Wildman–Crippen LogP) is 3.06. The number of nitrogens with zero attached hydrogens (tertiary/aromatic N) is 5. The maximum Gasteiger partial charge on any atom is 0.270 e. The Hall–Kier alpha value is -2.23. The van der Waals surface area contributed by atoms with E-state index in [0.29, 0.717) is 21.3 Å². The van der Waals surface area contributed by atoms with Gasteiger partial charge >= 0.3 is 0 Å². The summed E-state index contributed by atoms with van der Waals surface area (Å²) >= 11 is 7.85. The Morgan fingerprint density at radius 2 is 2.00 bits per heavy atom. The minimum absolute atomic E-state index is 0.167. The van der Waals surface area contributed by atoms with E-state index >= 15 is 0 Å². The largest absolute Gasteiger partial charge is 0.382 e. The maximum absolute atomic E-state index is 13.2. The SMILES string of the molecule is Cn1cc2c(Cl)c(Sc3c(N)nc(N4CCC5(CCOC5)CC4)n(C)c3=O)ccc2n1. The lowest BCUT2D eigenvalue weighted by Crippen LogP contribution is -2.43. The highest BCUT2D eigenvalue weighted by molar-refractivity contribution is 7.99. The first-order chi connectivity index (χ1) is 14.9. The zero-order valence-corrected chi connectivity index (χ0v) is 19.2. The highest BCUT2D eigenvalue weighted by Crippen LogP contribution is 2.41. The van der Waals surface area contributed by atoms with Crippen molar-refractivity contribution in [1.29, 1.82) is 0 Å². The van der Waals surface area contributed by atoms with Crippen LogP contribution in [0.1, 0.15) is 19.3 Å². The highest BCUT2D eigenvalue weighted by atomic mass is 35.5. The van der Waals surface area contributed by atoms with Gasteiger partial charge in [-0.2, -0.15) is 10.1 Å². The summed E-state index contributed by atoms with van der Waals surface area (Å²) in [4.78, 5) is 21.1. The second-order valence-electron chi connectivity index (χ2n) is 8.50. The third-order valence-corrected chi connectivity index (χ3v) is 8.13. The van der Waals surface area contributed by atoms with E-state index in [1.807, 2.05) is 25.4 Å². The van der Waals surface area contributed by atoms with Crippen LogP contribution in [0.3, 0.4) is 0 Å². The Kier molecular flexibility index (Phi) is 5.15. The molecule has 164 valence electrons. The molecule has 10 heteroatoms. The van der Waals surface area contributed by atoms with Crippen molar-refractivity contribution in [3.05, 3.63) is 33.7 Å². The van der Waals surface area contributed by atoms with Crippen molar-refractivity contribution < 1.29 is 4.74 Å². The summed E-state index contributed by atoms with van der Waals surface area (Å²) in [6.45, 7) is 3.38. The monoisotopic (exact) mass is 460 g/mol. The fraction of sp³-hybridized carbons (Fsp3) is 0.476. The number of piperidine rings is 1. The number of hydrogen-bond donors (Lipinski definition) is 1. The molecule has 0 aliphatic carbocycles. The van der Waals surface area contributed by atoms with Crippen LogP contribution in [-0.4, -0.2) is 45.6 Å². The molecule has 8 nitrogen and oxygen atoms in total. The summed E-state index contributed by atoms with van der Waals surface area (Å²) in [5.74, 6) is 0.851. The lowest BCUT2D eigenvalue weighted by atomic mass is 9.78. The predicted molar refractivity (Wildman–Crippen MR) is 123 cm³/mol. The summed E-state index contributed by atoms with van der Waals surface area (Å²) in [7, 11) is 3.60. The van der Waals surface area contributed by atoms with Crippen LogP contribution in [0.25, 0.3) is 10.9 Å². The average molecular weight is 461 g/mol. The van der Waals surface area contributed by atoms with Crippen molar-refractivity contribution in [2.24, 2.45) is 19.5 Å². The van der Waals surface area contributed by atoms with Crippen molar-refractivity contribution in [2.45, 2.75) is 29.1 Å². The molecule has 0 amide bonds. The molecule has 0 saturated carbocycles. The quantitative estimate of drug-likeness (QED) is 0.642. The summed E-state index contributed by atoms with van der Waals surface area (Å²) in [6, 6.07) is 3.76. The lowest BCUT2D eigenvalue weighted by molar-refractivity contribution is 0.133. The van der Waals surface area contributed by atoms with Crippen LogP contribution in [0.2, 0.25) is 5.02 Å². The fourth-order valence-electron chi connectivity index (χ4n) is 4.54. The van der Waals surface area contributed by atoms with Crippen LogP contribution in [-0.2, 0) is 18.8 Å². The molecule has 2 saturated heterocycles. The van der Waals surface area contributed by atoms with Gasteiger partial charge in [-0.3, -0.25) is 14.0 Å². The van der Waals surface area contributed by atoms with Gasteiger partial charge in [-0.15, -0.1) is 0 Å². The standard InChI is InChI=1S/C21H25ClN6O2S/c1-26-11-13-14(25-26)3-4-15(16(13)22)31-17-18(23)24-20(27(2)19(17)29)28-8-5-21(6-9-28)7-10-30-12-21/h3-4,11H,5-10,12,23H2,1-2H3. The van der Waals surface area contributed by atoms with E-state index in [1.165, 1.54) is 11.8 Å². The summed E-state index contributed by atoms with van der Waals surface area (Å²) < 4.78 is 8.94. The normalized spacial score (nSPS) is 18.4. The van der Waals surface area contributed by atoms with Crippen LogP contribution in [0.15, 0.2) is 32.9 Å². The number of aryl methyl sites for hydroxylation is 1. The van der Waals surface area contributed by atoms with Crippen molar-refractivity contribution in [3.8, 4) is 0 Å². The van der Waals surface area contributed by atoms with Gasteiger partial charge in [0.25, 0.3) is 5.56 Å². The van der Waals surface area contributed by atoms with Crippen LogP contribution in [0.4, 0.5) is 11.8 Å². The molecule has 2 N–H and O–H groups in total.